The van der Waals surface area contributed by atoms with Crippen LogP contribution in [0.5, 0.6) is 0 Å². The molecule has 0 aromatic heterocycles. The zero-order valence-electron chi connectivity index (χ0n) is 13.3. The fourth-order valence-corrected chi connectivity index (χ4v) is 3.05. The molecule has 0 aromatic rings. The van der Waals surface area contributed by atoms with Crippen LogP contribution >= 0.6 is 0 Å². The molecule has 2 saturated carbocycles. The van der Waals surface area contributed by atoms with Crippen molar-refractivity contribution in [2.45, 2.75) is 64.2 Å². The molecule has 0 aliphatic heterocycles. The molecule has 5 heteroatoms. The smallest absolute Gasteiger partial charge is 0.306 e. The van der Waals surface area contributed by atoms with Crippen LogP contribution in [0.4, 0.5) is 0 Å². The van der Waals surface area contributed by atoms with E-state index >= 15 is 0 Å². The molecule has 0 bridgehead atoms. The molecule has 0 heterocycles. The van der Waals surface area contributed by atoms with Crippen molar-refractivity contribution in [1.82, 2.24) is 5.06 Å². The Balaban J connectivity index is 0.000000219. The summed E-state index contributed by atoms with van der Waals surface area (Å²) in [5, 5.41) is 9.88. The lowest BCUT2D eigenvalue weighted by molar-refractivity contribution is -0.174. The fraction of sp³-hybridized carbons (Fsp3) is 0.875. The second-order valence-corrected chi connectivity index (χ2v) is 6.03. The highest BCUT2D eigenvalue weighted by atomic mass is 16.7. The molecule has 2 aliphatic carbocycles. The van der Waals surface area contributed by atoms with Crippen molar-refractivity contribution >= 4 is 11.9 Å². The summed E-state index contributed by atoms with van der Waals surface area (Å²) in [7, 11) is 3.21. The zero-order chi connectivity index (χ0) is 15.7. The molecule has 0 atom stereocenters. The van der Waals surface area contributed by atoms with E-state index in [-0.39, 0.29) is 17.7 Å². The van der Waals surface area contributed by atoms with Crippen LogP contribution in [0.1, 0.15) is 64.2 Å². The standard InChI is InChI=1S/C9H17NO2.C7H12O2/c1-10(12-2)9(11)8-6-4-3-5-7-8;8-7(9)6-4-2-1-3-5-6/h8H,3-7H2,1-2H3;6H,1-5H2,(H,8,9). The number of carbonyl (C=O) groups excluding carboxylic acids is 1. The molecule has 0 spiro atoms. The van der Waals surface area contributed by atoms with Crippen LogP contribution in [-0.2, 0) is 14.4 Å². The van der Waals surface area contributed by atoms with Crippen molar-refractivity contribution in [3.05, 3.63) is 0 Å². The first-order valence-electron chi connectivity index (χ1n) is 8.10. The van der Waals surface area contributed by atoms with Gasteiger partial charge in [0.15, 0.2) is 0 Å². The molecule has 0 unspecified atom stereocenters. The Bertz CT molecular complexity index is 320. The quantitative estimate of drug-likeness (QED) is 0.812. The second kappa shape index (κ2) is 9.77. The van der Waals surface area contributed by atoms with Gasteiger partial charge >= 0.3 is 5.97 Å². The molecule has 5 nitrogen and oxygen atoms in total. The number of nitrogens with zero attached hydrogens (tertiary/aromatic N) is 1. The van der Waals surface area contributed by atoms with Gasteiger partial charge < -0.3 is 5.11 Å². The van der Waals surface area contributed by atoms with E-state index in [1.54, 1.807) is 7.05 Å². The van der Waals surface area contributed by atoms with E-state index in [1.807, 2.05) is 0 Å². The van der Waals surface area contributed by atoms with E-state index in [2.05, 4.69) is 0 Å². The highest BCUT2D eigenvalue weighted by molar-refractivity contribution is 5.77. The summed E-state index contributed by atoms with van der Waals surface area (Å²) in [5.74, 6) is -0.283. The number of carbonyl (C=O) groups is 2. The Labute approximate surface area is 127 Å². The largest absolute Gasteiger partial charge is 0.481 e. The molecule has 1 N–H and O–H groups in total. The maximum atomic E-state index is 11.5. The summed E-state index contributed by atoms with van der Waals surface area (Å²) in [6, 6.07) is 0. The van der Waals surface area contributed by atoms with Gasteiger partial charge in [-0.1, -0.05) is 38.5 Å². The van der Waals surface area contributed by atoms with Gasteiger partial charge in [-0.2, -0.15) is 0 Å². The van der Waals surface area contributed by atoms with Crippen molar-refractivity contribution in [2.75, 3.05) is 14.2 Å². The molecule has 21 heavy (non-hydrogen) atoms. The first kappa shape index (κ1) is 18.0. The van der Waals surface area contributed by atoms with Gasteiger partial charge in [-0.05, 0) is 25.7 Å². The van der Waals surface area contributed by atoms with E-state index in [9.17, 15) is 9.59 Å². The Morgan fingerprint density at radius 2 is 1.33 bits per heavy atom. The van der Waals surface area contributed by atoms with Gasteiger partial charge in [-0.15, -0.1) is 0 Å². The third-order valence-electron chi connectivity index (χ3n) is 4.49. The Morgan fingerprint density at radius 3 is 1.67 bits per heavy atom. The fourth-order valence-electron chi connectivity index (χ4n) is 3.05. The molecular formula is C16H29NO4. The summed E-state index contributed by atoms with van der Waals surface area (Å²) in [4.78, 5) is 26.7. The monoisotopic (exact) mass is 299 g/mol. The van der Waals surface area contributed by atoms with Crippen molar-refractivity contribution in [3.63, 3.8) is 0 Å². The van der Waals surface area contributed by atoms with Crippen LogP contribution in [0.2, 0.25) is 0 Å². The molecule has 2 rings (SSSR count). The number of carboxylic acids is 1. The van der Waals surface area contributed by atoms with Gasteiger partial charge in [-0.25, -0.2) is 5.06 Å². The van der Waals surface area contributed by atoms with Crippen LogP contribution in [0.25, 0.3) is 0 Å². The second-order valence-electron chi connectivity index (χ2n) is 6.03. The maximum Gasteiger partial charge on any atom is 0.306 e. The summed E-state index contributed by atoms with van der Waals surface area (Å²) < 4.78 is 0. The minimum atomic E-state index is -0.602. The minimum Gasteiger partial charge on any atom is -0.481 e. The average molecular weight is 299 g/mol. The van der Waals surface area contributed by atoms with E-state index in [1.165, 1.54) is 37.9 Å². The molecule has 0 aromatic carbocycles. The third kappa shape index (κ3) is 6.46. The lowest BCUT2D eigenvalue weighted by atomic mass is 9.89. The normalized spacial score (nSPS) is 20.3. The summed E-state index contributed by atoms with van der Waals surface area (Å²) in [5.41, 5.74) is 0. The van der Waals surface area contributed by atoms with Gasteiger partial charge in [-0.3, -0.25) is 14.4 Å². The molecule has 0 saturated heterocycles. The predicted octanol–water partition coefficient (Wildman–Crippen LogP) is 3.24. The Hall–Kier alpha value is -1.10. The Kier molecular flexibility index (Phi) is 8.35. The van der Waals surface area contributed by atoms with Crippen LogP contribution in [0.15, 0.2) is 0 Å². The van der Waals surface area contributed by atoms with Crippen molar-refractivity contribution in [2.24, 2.45) is 11.8 Å². The summed E-state index contributed by atoms with van der Waals surface area (Å²) in [6.45, 7) is 0. The number of hydroxylamine groups is 2. The summed E-state index contributed by atoms with van der Waals surface area (Å²) in [6.07, 6.45) is 11.0. The molecule has 122 valence electrons. The topological polar surface area (TPSA) is 66.8 Å². The van der Waals surface area contributed by atoms with Crippen molar-refractivity contribution in [3.8, 4) is 0 Å². The average Bonchev–Trinajstić information content (AvgIpc) is 2.55. The van der Waals surface area contributed by atoms with Crippen LogP contribution in [0, 0.1) is 11.8 Å². The molecule has 2 fully saturated rings. The lowest BCUT2D eigenvalue weighted by Gasteiger charge is -2.24. The maximum absolute atomic E-state index is 11.5. The number of hydrogen-bond donors (Lipinski definition) is 1. The lowest BCUT2D eigenvalue weighted by Crippen LogP contribution is -2.33. The van der Waals surface area contributed by atoms with Gasteiger partial charge in [0.1, 0.15) is 0 Å². The molecule has 2 aliphatic rings. The molecular weight excluding hydrogens is 270 g/mol. The number of amides is 1. The van der Waals surface area contributed by atoms with Crippen LogP contribution in [0.3, 0.4) is 0 Å². The van der Waals surface area contributed by atoms with Gasteiger partial charge in [0, 0.05) is 13.0 Å². The number of carboxylic acid groups (broad SMARTS) is 1. The SMILES string of the molecule is CON(C)C(=O)C1CCCCC1.O=C(O)C1CCCCC1. The first-order valence-corrected chi connectivity index (χ1v) is 8.10. The predicted molar refractivity (Wildman–Crippen MR) is 80.6 cm³/mol. The summed E-state index contributed by atoms with van der Waals surface area (Å²) >= 11 is 0. The van der Waals surface area contributed by atoms with E-state index < -0.39 is 5.97 Å². The van der Waals surface area contributed by atoms with Gasteiger partial charge in [0.2, 0.25) is 5.91 Å². The zero-order valence-corrected chi connectivity index (χ0v) is 13.3. The highest BCUT2D eigenvalue weighted by Gasteiger charge is 2.23. The number of hydrogen-bond acceptors (Lipinski definition) is 3. The number of aliphatic carboxylic acids is 1. The minimum absolute atomic E-state index is 0.0289. The van der Waals surface area contributed by atoms with Gasteiger partial charge in [0.05, 0.1) is 13.0 Å². The van der Waals surface area contributed by atoms with E-state index in [0.717, 1.165) is 38.5 Å². The van der Waals surface area contributed by atoms with Crippen LogP contribution < -0.4 is 0 Å². The third-order valence-corrected chi connectivity index (χ3v) is 4.49. The Morgan fingerprint density at radius 1 is 0.905 bits per heavy atom. The number of rotatable bonds is 3. The van der Waals surface area contributed by atoms with Crippen LogP contribution in [-0.4, -0.2) is 36.2 Å². The molecule has 0 radical (unpaired) electrons. The van der Waals surface area contributed by atoms with Gasteiger partial charge in [0.25, 0.3) is 0 Å². The van der Waals surface area contributed by atoms with E-state index in [4.69, 9.17) is 9.94 Å². The first-order chi connectivity index (χ1) is 10.1. The van der Waals surface area contributed by atoms with Crippen molar-refractivity contribution < 1.29 is 19.5 Å². The van der Waals surface area contributed by atoms with Crippen molar-refractivity contribution in [1.29, 1.82) is 0 Å². The highest BCUT2D eigenvalue weighted by Crippen LogP contribution is 2.25. The van der Waals surface area contributed by atoms with E-state index in [0.29, 0.717) is 0 Å². The molecule has 1 amide bonds.